The first-order valence-corrected chi connectivity index (χ1v) is 12.6. The summed E-state index contributed by atoms with van der Waals surface area (Å²) in [6.45, 7) is 0.383. The number of fused-ring (bicyclic) bond motifs is 1. The van der Waals surface area contributed by atoms with E-state index in [0.717, 1.165) is 14.6 Å². The molecule has 146 valence electrons. The fourth-order valence-corrected chi connectivity index (χ4v) is 5.94. The van der Waals surface area contributed by atoms with Crippen molar-refractivity contribution in [1.82, 2.24) is 0 Å². The molecule has 26 heavy (non-hydrogen) atoms. The number of hydrogen-bond donors (Lipinski definition) is 2. The Morgan fingerprint density at radius 1 is 1.12 bits per heavy atom. The second-order valence-electron chi connectivity index (χ2n) is 5.48. The minimum atomic E-state index is -4.03. The van der Waals surface area contributed by atoms with E-state index in [2.05, 4.69) is 0 Å². The van der Waals surface area contributed by atoms with Gasteiger partial charge in [0.15, 0.2) is 6.54 Å². The Morgan fingerprint density at radius 3 is 2.38 bits per heavy atom. The van der Waals surface area contributed by atoms with Gasteiger partial charge in [-0.15, -0.1) is 0 Å². The van der Waals surface area contributed by atoms with Crippen LogP contribution in [0.5, 0.6) is 5.75 Å². The van der Waals surface area contributed by atoms with Crippen molar-refractivity contribution in [3.8, 4) is 5.75 Å². The minimum absolute atomic E-state index is 0.241. The van der Waals surface area contributed by atoms with Crippen LogP contribution < -0.4 is 9.30 Å². The average molecular weight is 443 g/mol. The van der Waals surface area contributed by atoms with Gasteiger partial charge in [0.05, 0.1) is 24.7 Å². The number of thioether (sulfide) groups is 1. The number of aromatic nitrogens is 1. The van der Waals surface area contributed by atoms with E-state index < -0.39 is 20.2 Å². The van der Waals surface area contributed by atoms with Crippen molar-refractivity contribution in [2.24, 2.45) is 0 Å². The maximum absolute atomic E-state index is 11.0. The molecular weight excluding hydrogens is 422 g/mol. The van der Waals surface area contributed by atoms with Crippen LogP contribution >= 0.6 is 23.1 Å². The SMILES string of the molecule is COc1ccc2sc(SCCCS(=O)(=O)O)[n+](CCCS(=O)(=O)O)c2c1. The van der Waals surface area contributed by atoms with Crippen molar-refractivity contribution in [3.05, 3.63) is 18.2 Å². The van der Waals surface area contributed by atoms with Crippen molar-refractivity contribution in [1.29, 1.82) is 0 Å². The lowest BCUT2D eigenvalue weighted by atomic mass is 10.3. The van der Waals surface area contributed by atoms with E-state index in [0.29, 0.717) is 24.5 Å². The van der Waals surface area contributed by atoms with E-state index >= 15 is 0 Å². The maximum atomic E-state index is 11.0. The highest BCUT2D eigenvalue weighted by molar-refractivity contribution is 8.01. The molecule has 1 aromatic heterocycles. The molecule has 2 aromatic rings. The third-order valence-corrected chi connectivity index (χ3v) is 7.56. The summed E-state index contributed by atoms with van der Waals surface area (Å²) in [6, 6.07) is 5.58. The van der Waals surface area contributed by atoms with Gasteiger partial charge < -0.3 is 4.74 Å². The van der Waals surface area contributed by atoms with Crippen molar-refractivity contribution in [2.75, 3.05) is 24.4 Å². The molecule has 0 spiro atoms. The number of nitrogens with zero attached hydrogens (tertiary/aromatic N) is 1. The number of ether oxygens (including phenoxy) is 1. The quantitative estimate of drug-likeness (QED) is 0.247. The molecule has 1 heterocycles. The molecule has 0 aliphatic rings. The number of rotatable bonds is 10. The van der Waals surface area contributed by atoms with Gasteiger partial charge in [-0.25, -0.2) is 0 Å². The zero-order valence-corrected chi connectivity index (χ0v) is 17.3. The van der Waals surface area contributed by atoms with Crippen LogP contribution in [-0.4, -0.2) is 50.3 Å². The van der Waals surface area contributed by atoms with Crippen LogP contribution in [0.15, 0.2) is 22.5 Å². The van der Waals surface area contributed by atoms with Crippen LogP contribution in [0.4, 0.5) is 0 Å². The summed E-state index contributed by atoms with van der Waals surface area (Å²) in [5.41, 5.74) is 0.877. The van der Waals surface area contributed by atoms with Crippen molar-refractivity contribution < 1.29 is 35.2 Å². The highest BCUT2D eigenvalue weighted by Gasteiger charge is 2.22. The molecule has 8 nitrogen and oxygen atoms in total. The maximum Gasteiger partial charge on any atom is 0.298 e. The molecule has 0 aliphatic carbocycles. The van der Waals surface area contributed by atoms with E-state index in [-0.39, 0.29) is 17.9 Å². The smallest absolute Gasteiger partial charge is 0.298 e. The summed E-state index contributed by atoms with van der Waals surface area (Å²) >= 11 is 2.94. The molecule has 0 saturated heterocycles. The van der Waals surface area contributed by atoms with E-state index in [1.807, 2.05) is 22.8 Å². The van der Waals surface area contributed by atoms with Gasteiger partial charge in [0.25, 0.3) is 24.6 Å². The fraction of sp³-hybridized carbons (Fsp3) is 0.500. The van der Waals surface area contributed by atoms with Crippen molar-refractivity contribution in [3.63, 3.8) is 0 Å². The highest BCUT2D eigenvalue weighted by Crippen LogP contribution is 2.30. The van der Waals surface area contributed by atoms with Crippen molar-refractivity contribution in [2.45, 2.75) is 23.7 Å². The van der Waals surface area contributed by atoms with E-state index in [4.69, 9.17) is 13.8 Å². The molecule has 12 heteroatoms. The van der Waals surface area contributed by atoms with Crippen molar-refractivity contribution >= 4 is 53.6 Å². The second kappa shape index (κ2) is 8.85. The third-order valence-electron chi connectivity index (χ3n) is 3.43. The van der Waals surface area contributed by atoms with Gasteiger partial charge in [-0.3, -0.25) is 9.11 Å². The first kappa shape index (κ1) is 21.4. The van der Waals surface area contributed by atoms with Crippen LogP contribution in [0.3, 0.4) is 0 Å². The Labute approximate surface area is 160 Å². The lowest BCUT2D eigenvalue weighted by molar-refractivity contribution is -0.701. The summed E-state index contributed by atoms with van der Waals surface area (Å²) in [6.07, 6.45) is 0.539. The largest absolute Gasteiger partial charge is 0.497 e. The molecule has 0 fully saturated rings. The highest BCUT2D eigenvalue weighted by atomic mass is 32.2. The predicted molar refractivity (Wildman–Crippen MR) is 101 cm³/mol. The second-order valence-corrected chi connectivity index (χ2v) is 11.0. The topological polar surface area (TPSA) is 122 Å². The summed E-state index contributed by atoms with van der Waals surface area (Å²) < 4.78 is 70.3. The summed E-state index contributed by atoms with van der Waals surface area (Å²) in [4.78, 5) is 0. The lowest BCUT2D eigenvalue weighted by Crippen LogP contribution is -2.35. The van der Waals surface area contributed by atoms with Gasteiger partial charge in [-0.2, -0.15) is 21.4 Å². The molecule has 2 rings (SSSR count). The lowest BCUT2D eigenvalue weighted by Gasteiger charge is -2.01. The third kappa shape index (κ3) is 6.67. The zero-order valence-electron chi connectivity index (χ0n) is 14.0. The Balaban J connectivity index is 2.21. The Bertz CT molecular complexity index is 967. The Hall–Kier alpha value is -0.920. The first-order valence-electron chi connectivity index (χ1n) is 7.62. The van der Waals surface area contributed by atoms with Crippen LogP contribution in [0.2, 0.25) is 0 Å². The van der Waals surface area contributed by atoms with E-state index in [1.165, 1.54) is 23.1 Å². The molecule has 0 unspecified atom stereocenters. The molecule has 1 aromatic carbocycles. The Morgan fingerprint density at radius 2 is 1.77 bits per heavy atom. The average Bonchev–Trinajstić information content (AvgIpc) is 2.86. The standard InChI is InChI=1S/C14H19NO7S4/c1-22-11-4-5-13-12(10-11)15(6-2-8-25(16,17)18)14(24-13)23-7-3-9-26(19,20)21/h4-5,10H,2-3,6-9H2,1H3,(H-,16,17,18,19,20,21)/p+1. The van der Waals surface area contributed by atoms with Gasteiger partial charge in [-0.1, -0.05) is 11.3 Å². The molecule has 0 radical (unpaired) electrons. The van der Waals surface area contributed by atoms with Gasteiger partial charge in [-0.05, 0) is 30.3 Å². The number of hydrogen-bond acceptors (Lipinski definition) is 7. The zero-order chi connectivity index (χ0) is 19.4. The minimum Gasteiger partial charge on any atom is -0.497 e. The van der Waals surface area contributed by atoms with Crippen LogP contribution in [-0.2, 0) is 26.8 Å². The molecule has 2 N–H and O–H groups in total. The van der Waals surface area contributed by atoms with Gasteiger partial charge in [0.2, 0.25) is 5.52 Å². The molecule has 0 saturated carbocycles. The van der Waals surface area contributed by atoms with Crippen LogP contribution in [0, 0.1) is 0 Å². The van der Waals surface area contributed by atoms with E-state index in [9.17, 15) is 16.8 Å². The molecular formula is C14H20NO7S4+. The van der Waals surface area contributed by atoms with E-state index in [1.54, 1.807) is 7.11 Å². The number of methoxy groups -OCH3 is 1. The first-order chi connectivity index (χ1) is 12.1. The summed E-state index contributed by atoms with van der Waals surface area (Å²) in [5, 5.41) is 0. The fourth-order valence-electron chi connectivity index (χ4n) is 2.29. The number of benzene rings is 1. The normalized spacial score (nSPS) is 12.6. The van der Waals surface area contributed by atoms with Gasteiger partial charge in [0, 0.05) is 12.2 Å². The van der Waals surface area contributed by atoms with Crippen LogP contribution in [0.1, 0.15) is 12.8 Å². The predicted octanol–water partition coefficient (Wildman–Crippen LogP) is 1.85. The number of thiazole rings is 1. The summed E-state index contributed by atoms with van der Waals surface area (Å²) in [5.74, 6) is 0.513. The van der Waals surface area contributed by atoms with Gasteiger partial charge >= 0.3 is 0 Å². The van der Waals surface area contributed by atoms with Crippen LogP contribution in [0.25, 0.3) is 10.2 Å². The van der Waals surface area contributed by atoms with Gasteiger partial charge in [0.1, 0.15) is 10.4 Å². The molecule has 0 amide bonds. The molecule has 0 aliphatic heterocycles. The Kier molecular flexibility index (Phi) is 7.27. The molecule has 0 bridgehead atoms. The molecule has 0 atom stereocenters. The number of aryl methyl sites for hydroxylation is 1. The summed E-state index contributed by atoms with van der Waals surface area (Å²) in [7, 11) is -6.45. The monoisotopic (exact) mass is 442 g/mol.